The maximum Gasteiger partial charge on any atom is 0.194 e. The summed E-state index contributed by atoms with van der Waals surface area (Å²) in [6.45, 7) is 1.33. The monoisotopic (exact) mass is 513 g/mol. The third-order valence-electron chi connectivity index (χ3n) is 5.87. The molecule has 0 fully saturated rings. The fraction of sp³-hybridized carbons (Fsp3) is 0.160. The predicted octanol–water partition coefficient (Wildman–Crippen LogP) is 5.21. The molecule has 0 amide bonds. The molecule has 0 spiro atoms. The van der Waals surface area contributed by atoms with Gasteiger partial charge in [0.25, 0.3) is 0 Å². The molecule has 0 saturated heterocycles. The number of hydrogen-bond donors (Lipinski definition) is 1. The van der Waals surface area contributed by atoms with Crippen LogP contribution in [0.3, 0.4) is 0 Å². The lowest BCUT2D eigenvalue weighted by Crippen LogP contribution is -2.18. The molecule has 2 aromatic carbocycles. The molecule has 7 nitrogen and oxygen atoms in total. The van der Waals surface area contributed by atoms with Gasteiger partial charge in [-0.05, 0) is 42.8 Å². The zero-order valence-corrected chi connectivity index (χ0v) is 19.8. The quantitative estimate of drug-likeness (QED) is 0.316. The van der Waals surface area contributed by atoms with Crippen LogP contribution in [-0.2, 0) is 0 Å². The number of aliphatic hydroxyl groups excluding tert-OH is 1. The average molecular weight is 514 g/mol. The van der Waals surface area contributed by atoms with Crippen molar-refractivity contribution in [3.8, 4) is 34.1 Å². The molecule has 0 saturated carbocycles. The van der Waals surface area contributed by atoms with E-state index in [1.165, 1.54) is 10.8 Å². The Hall–Kier alpha value is -3.89. The molecule has 1 unspecified atom stereocenters. The molecule has 3 aromatic rings. The van der Waals surface area contributed by atoms with Crippen LogP contribution in [0.4, 0.5) is 13.2 Å². The van der Waals surface area contributed by atoms with Crippen LogP contribution in [-0.4, -0.2) is 43.1 Å². The van der Waals surface area contributed by atoms with E-state index in [1.807, 2.05) is 29.8 Å². The van der Waals surface area contributed by atoms with Gasteiger partial charge in [0.05, 0.1) is 42.5 Å². The standard InChI is InChI=1S/C25H19ClF3N5O2/c1-13-9-33(12-30-13)20-4-3-14(7-22(20)36-2)24-17-8-16(26)10-34(25(17)32-31-24)21(11-35)15-5-18(27)23(29)19(28)6-15/h3-10,12,21,35H,11H2,1-2H3. The number of hydrogen-bond acceptors (Lipinski definition) is 5. The van der Waals surface area contributed by atoms with E-state index in [2.05, 4.69) is 15.2 Å². The summed E-state index contributed by atoms with van der Waals surface area (Å²) in [5.74, 6) is -3.43. The van der Waals surface area contributed by atoms with E-state index in [1.54, 1.807) is 25.6 Å². The molecule has 0 bridgehead atoms. The maximum absolute atomic E-state index is 13.9. The molecule has 11 heteroatoms. The Morgan fingerprint density at radius 2 is 1.81 bits per heavy atom. The Kier molecular flexibility index (Phi) is 6.15. The minimum absolute atomic E-state index is 0.00802. The van der Waals surface area contributed by atoms with Crippen molar-refractivity contribution in [2.75, 3.05) is 13.7 Å². The zero-order valence-electron chi connectivity index (χ0n) is 19.1. The maximum atomic E-state index is 13.9. The van der Waals surface area contributed by atoms with Crippen LogP contribution in [0.5, 0.6) is 5.75 Å². The zero-order chi connectivity index (χ0) is 25.6. The van der Waals surface area contributed by atoms with Gasteiger partial charge in [-0.1, -0.05) is 17.7 Å². The molecule has 36 heavy (non-hydrogen) atoms. The molecule has 1 aromatic heterocycles. The van der Waals surface area contributed by atoms with E-state index in [9.17, 15) is 18.3 Å². The Morgan fingerprint density at radius 3 is 2.44 bits per heavy atom. The Labute approximate surface area is 208 Å². The van der Waals surface area contributed by atoms with Crippen LogP contribution in [0.15, 0.2) is 55.1 Å². The first kappa shape index (κ1) is 23.8. The van der Waals surface area contributed by atoms with Gasteiger partial charge in [0, 0.05) is 23.5 Å². The number of imidazole rings is 1. The van der Waals surface area contributed by atoms with Crippen molar-refractivity contribution in [2.24, 2.45) is 0 Å². The molecular weight excluding hydrogens is 495 g/mol. The van der Waals surface area contributed by atoms with Gasteiger partial charge in [-0.15, -0.1) is 10.2 Å². The lowest BCUT2D eigenvalue weighted by Gasteiger charge is -2.22. The van der Waals surface area contributed by atoms with Crippen LogP contribution >= 0.6 is 11.6 Å². The van der Waals surface area contributed by atoms with Crippen molar-refractivity contribution in [3.63, 3.8) is 0 Å². The number of nitrogens with zero attached hydrogens (tertiary/aromatic N) is 5. The second-order valence-corrected chi connectivity index (χ2v) is 8.59. The topological polar surface area (TPSA) is 78.0 Å². The van der Waals surface area contributed by atoms with Crippen molar-refractivity contribution in [3.05, 3.63) is 88.9 Å². The van der Waals surface area contributed by atoms with E-state index < -0.39 is 30.1 Å². The Bertz CT molecular complexity index is 1530. The lowest BCUT2D eigenvalue weighted by molar-refractivity contribution is 0.248. The molecule has 1 N–H and O–H groups in total. The summed E-state index contributed by atoms with van der Waals surface area (Å²) >= 11 is 6.38. The molecule has 2 aliphatic rings. The van der Waals surface area contributed by atoms with E-state index in [-0.39, 0.29) is 10.6 Å². The fourth-order valence-electron chi connectivity index (χ4n) is 4.17. The molecule has 5 rings (SSSR count). The number of methoxy groups -OCH3 is 1. The first-order valence-electron chi connectivity index (χ1n) is 10.8. The lowest BCUT2D eigenvalue weighted by atomic mass is 10.0. The van der Waals surface area contributed by atoms with Gasteiger partial charge >= 0.3 is 0 Å². The fourth-order valence-corrected chi connectivity index (χ4v) is 4.38. The summed E-state index contributed by atoms with van der Waals surface area (Å²) in [6, 6.07) is 7.82. The van der Waals surface area contributed by atoms with Crippen molar-refractivity contribution < 1.29 is 23.0 Å². The number of aromatic nitrogens is 5. The molecular formula is C25H19ClF3N5O2. The summed E-state index contributed by atoms with van der Waals surface area (Å²) in [5.41, 5.74) is 3.35. The highest BCUT2D eigenvalue weighted by molar-refractivity contribution is 6.30. The van der Waals surface area contributed by atoms with Gasteiger partial charge in [0.2, 0.25) is 0 Å². The van der Waals surface area contributed by atoms with Gasteiger partial charge in [0.15, 0.2) is 23.3 Å². The summed E-state index contributed by atoms with van der Waals surface area (Å²) < 4.78 is 50.2. The van der Waals surface area contributed by atoms with Gasteiger partial charge in [0.1, 0.15) is 11.4 Å². The largest absolute Gasteiger partial charge is 0.495 e. The summed E-state index contributed by atoms with van der Waals surface area (Å²) in [6.07, 6.45) is 5.02. The molecule has 184 valence electrons. The first-order valence-corrected chi connectivity index (χ1v) is 11.2. The summed E-state index contributed by atoms with van der Waals surface area (Å²) in [7, 11) is 1.55. The van der Waals surface area contributed by atoms with Crippen molar-refractivity contribution in [2.45, 2.75) is 13.0 Å². The highest BCUT2D eigenvalue weighted by Gasteiger charge is 2.26. The second kappa shape index (κ2) is 9.29. The Morgan fingerprint density at radius 1 is 1.06 bits per heavy atom. The van der Waals surface area contributed by atoms with Crippen LogP contribution in [0.1, 0.15) is 17.3 Å². The number of halogens is 4. The molecule has 3 heterocycles. The second-order valence-electron chi connectivity index (χ2n) is 8.16. The minimum Gasteiger partial charge on any atom is -0.495 e. The SMILES string of the molecule is COc1cc(-c2nnc3n(C(CO)c4cc(F)c(F)c(F)c4)cc(Cl)cc2-3)ccc1-n1cnc(C)c1. The van der Waals surface area contributed by atoms with Gasteiger partial charge in [-0.3, -0.25) is 0 Å². The highest BCUT2D eigenvalue weighted by Crippen LogP contribution is 2.38. The minimum atomic E-state index is -1.59. The summed E-state index contributed by atoms with van der Waals surface area (Å²) in [4.78, 5) is 4.25. The molecule has 0 radical (unpaired) electrons. The third-order valence-corrected chi connectivity index (χ3v) is 6.08. The molecule has 0 aliphatic carbocycles. The number of fused-ring (bicyclic) bond motifs is 1. The van der Waals surface area contributed by atoms with Gasteiger partial charge in [-0.25, -0.2) is 18.2 Å². The van der Waals surface area contributed by atoms with Crippen molar-refractivity contribution in [1.82, 2.24) is 24.3 Å². The number of pyridine rings is 1. The van der Waals surface area contributed by atoms with Crippen LogP contribution in [0, 0.1) is 24.4 Å². The van der Waals surface area contributed by atoms with E-state index in [4.69, 9.17) is 16.3 Å². The predicted molar refractivity (Wildman–Crippen MR) is 127 cm³/mol. The number of benzene rings is 2. The smallest absolute Gasteiger partial charge is 0.194 e. The summed E-state index contributed by atoms with van der Waals surface area (Å²) in [5, 5.41) is 18.9. The average Bonchev–Trinajstić information content (AvgIpc) is 3.48. The number of ether oxygens (including phenoxy) is 1. The van der Waals surface area contributed by atoms with Crippen LogP contribution < -0.4 is 4.74 Å². The van der Waals surface area contributed by atoms with E-state index in [0.717, 1.165) is 23.5 Å². The number of aliphatic hydroxyl groups is 1. The van der Waals surface area contributed by atoms with E-state index in [0.29, 0.717) is 28.4 Å². The van der Waals surface area contributed by atoms with Gasteiger partial charge < -0.3 is 19.0 Å². The van der Waals surface area contributed by atoms with Gasteiger partial charge in [-0.2, -0.15) is 0 Å². The van der Waals surface area contributed by atoms with Crippen LogP contribution in [0.2, 0.25) is 5.02 Å². The number of rotatable bonds is 6. The van der Waals surface area contributed by atoms with Crippen molar-refractivity contribution in [1.29, 1.82) is 0 Å². The molecule has 2 aliphatic heterocycles. The number of aryl methyl sites for hydroxylation is 1. The Balaban J connectivity index is 1.59. The third kappa shape index (κ3) is 4.08. The van der Waals surface area contributed by atoms with Crippen molar-refractivity contribution >= 4 is 11.6 Å². The highest BCUT2D eigenvalue weighted by atomic mass is 35.5. The van der Waals surface area contributed by atoms with Crippen LogP contribution in [0.25, 0.3) is 28.3 Å². The first-order chi connectivity index (χ1) is 17.3. The molecule has 1 atom stereocenters. The normalized spacial score (nSPS) is 12.3. The van der Waals surface area contributed by atoms with E-state index >= 15 is 0 Å².